The summed E-state index contributed by atoms with van der Waals surface area (Å²) in [5.74, 6) is 0.875. The average molecular weight is 340 g/mol. The lowest BCUT2D eigenvalue weighted by molar-refractivity contribution is -0.124. The first kappa shape index (κ1) is 18.2. The third kappa shape index (κ3) is 4.16. The highest BCUT2D eigenvalue weighted by molar-refractivity contribution is 5.76. The Morgan fingerprint density at radius 1 is 1.12 bits per heavy atom. The van der Waals surface area contributed by atoms with Gasteiger partial charge in [-0.1, -0.05) is 62.8 Å². The summed E-state index contributed by atoms with van der Waals surface area (Å²) in [6, 6.07) is 10.2. The molecule has 2 aliphatic rings. The maximum Gasteiger partial charge on any atom is 0.220 e. The number of benzene rings is 1. The van der Waals surface area contributed by atoms with Crippen LogP contribution in [0.1, 0.15) is 71.3 Å². The summed E-state index contributed by atoms with van der Waals surface area (Å²) in [6.45, 7) is 7.69. The molecule has 2 heteroatoms. The van der Waals surface area contributed by atoms with Crippen LogP contribution in [0, 0.1) is 16.7 Å². The van der Waals surface area contributed by atoms with Crippen LogP contribution in [0.4, 0.5) is 0 Å². The van der Waals surface area contributed by atoms with Gasteiger partial charge in [0.25, 0.3) is 0 Å². The van der Waals surface area contributed by atoms with Gasteiger partial charge in [-0.25, -0.2) is 0 Å². The number of carbonyl (C=O) groups is 1. The number of amides is 1. The van der Waals surface area contributed by atoms with Crippen molar-refractivity contribution >= 4 is 5.91 Å². The zero-order valence-corrected chi connectivity index (χ0v) is 16.1. The number of allylic oxidation sites excluding steroid dienone is 2. The van der Waals surface area contributed by atoms with E-state index in [-0.39, 0.29) is 16.7 Å². The van der Waals surface area contributed by atoms with Crippen LogP contribution in [0.25, 0.3) is 0 Å². The van der Waals surface area contributed by atoms with Crippen molar-refractivity contribution in [3.05, 3.63) is 47.5 Å². The van der Waals surface area contributed by atoms with Crippen LogP contribution in [0.5, 0.6) is 0 Å². The van der Waals surface area contributed by atoms with E-state index in [9.17, 15) is 4.79 Å². The molecular formula is C23H33NO. The number of hydrogen-bond acceptors (Lipinski definition) is 1. The minimum absolute atomic E-state index is 0.0801. The lowest BCUT2D eigenvalue weighted by Gasteiger charge is -2.38. The van der Waals surface area contributed by atoms with Crippen LogP contribution < -0.4 is 5.32 Å². The maximum absolute atomic E-state index is 12.6. The minimum atomic E-state index is 0.0801. The molecular weight excluding hydrogens is 306 g/mol. The zero-order valence-electron chi connectivity index (χ0n) is 16.1. The van der Waals surface area contributed by atoms with Gasteiger partial charge in [0.15, 0.2) is 0 Å². The highest BCUT2D eigenvalue weighted by Gasteiger charge is 2.50. The normalized spacial score (nSPS) is 28.4. The molecule has 136 valence electrons. The topological polar surface area (TPSA) is 29.1 Å². The lowest BCUT2D eigenvalue weighted by Crippen LogP contribution is -2.36. The van der Waals surface area contributed by atoms with Crippen molar-refractivity contribution in [1.82, 2.24) is 5.32 Å². The fourth-order valence-corrected chi connectivity index (χ4v) is 4.78. The number of carbonyl (C=O) groups excluding carboxylic acids is 1. The molecule has 0 heterocycles. The first-order valence-electron chi connectivity index (χ1n) is 9.89. The summed E-state index contributed by atoms with van der Waals surface area (Å²) in [5, 5.41) is 3.13. The van der Waals surface area contributed by atoms with E-state index in [1.807, 2.05) is 18.2 Å². The highest BCUT2D eigenvalue weighted by atomic mass is 16.1. The van der Waals surface area contributed by atoms with Gasteiger partial charge in [-0.15, -0.1) is 0 Å². The zero-order chi connectivity index (χ0) is 17.9. The van der Waals surface area contributed by atoms with E-state index < -0.39 is 0 Å². The molecule has 0 aromatic heterocycles. The molecule has 1 fully saturated rings. The molecule has 2 atom stereocenters. The van der Waals surface area contributed by atoms with Crippen molar-refractivity contribution < 1.29 is 4.79 Å². The van der Waals surface area contributed by atoms with Gasteiger partial charge in [-0.2, -0.15) is 0 Å². The molecule has 3 rings (SSSR count). The minimum Gasteiger partial charge on any atom is -0.352 e. The van der Waals surface area contributed by atoms with Gasteiger partial charge in [0.1, 0.15) is 0 Å². The number of nitrogens with one attached hydrogen (secondary N) is 1. The molecule has 1 amide bonds. The second-order valence-corrected chi connectivity index (χ2v) is 9.01. The largest absolute Gasteiger partial charge is 0.352 e. The first-order valence-corrected chi connectivity index (χ1v) is 9.89. The Bertz CT molecular complexity index is 631. The fraction of sp³-hybridized carbons (Fsp3) is 0.609. The van der Waals surface area contributed by atoms with E-state index in [4.69, 9.17) is 0 Å². The molecule has 2 unspecified atom stereocenters. The van der Waals surface area contributed by atoms with Crippen molar-refractivity contribution in [2.45, 2.75) is 72.3 Å². The van der Waals surface area contributed by atoms with Crippen LogP contribution in [0.3, 0.4) is 0 Å². The molecule has 0 radical (unpaired) electrons. The second-order valence-electron chi connectivity index (χ2n) is 9.01. The van der Waals surface area contributed by atoms with Crippen LogP contribution in [0.2, 0.25) is 0 Å². The average Bonchev–Trinajstić information content (AvgIpc) is 2.84. The van der Waals surface area contributed by atoms with Crippen molar-refractivity contribution in [3.8, 4) is 0 Å². The van der Waals surface area contributed by atoms with Gasteiger partial charge in [0.05, 0.1) is 0 Å². The first-order chi connectivity index (χ1) is 11.9. The highest BCUT2D eigenvalue weighted by Crippen LogP contribution is 2.59. The number of rotatable bonds is 5. The Morgan fingerprint density at radius 3 is 2.56 bits per heavy atom. The van der Waals surface area contributed by atoms with E-state index >= 15 is 0 Å². The Hall–Kier alpha value is -1.57. The Labute approximate surface area is 153 Å². The third-order valence-corrected chi connectivity index (χ3v) is 6.82. The Balaban J connectivity index is 1.61. The van der Waals surface area contributed by atoms with Gasteiger partial charge < -0.3 is 5.32 Å². The van der Waals surface area contributed by atoms with Gasteiger partial charge in [-0.05, 0) is 60.8 Å². The van der Waals surface area contributed by atoms with Gasteiger partial charge in [0.2, 0.25) is 5.91 Å². The molecule has 2 aliphatic carbocycles. The SMILES string of the molecule is CC1(C)CC(C2=CCCCC2)CC1(C)CC(=O)NCc1ccccc1. The summed E-state index contributed by atoms with van der Waals surface area (Å²) in [5.41, 5.74) is 3.13. The quantitative estimate of drug-likeness (QED) is 0.691. The Morgan fingerprint density at radius 2 is 1.88 bits per heavy atom. The van der Waals surface area contributed by atoms with Gasteiger partial charge in [-0.3, -0.25) is 4.79 Å². The fourth-order valence-electron chi connectivity index (χ4n) is 4.78. The van der Waals surface area contributed by atoms with Crippen LogP contribution >= 0.6 is 0 Å². The summed E-state index contributed by atoms with van der Waals surface area (Å²) in [4.78, 5) is 12.6. The summed E-state index contributed by atoms with van der Waals surface area (Å²) in [6.07, 6.45) is 10.7. The van der Waals surface area contributed by atoms with Crippen LogP contribution in [-0.4, -0.2) is 5.91 Å². The molecule has 1 aromatic rings. The molecule has 1 saturated carbocycles. The van der Waals surface area contributed by atoms with Crippen molar-refractivity contribution in [2.24, 2.45) is 16.7 Å². The molecule has 0 bridgehead atoms. The molecule has 1 N–H and O–H groups in total. The molecule has 1 aromatic carbocycles. The predicted molar refractivity (Wildman–Crippen MR) is 104 cm³/mol. The number of hydrogen-bond donors (Lipinski definition) is 1. The van der Waals surface area contributed by atoms with Crippen molar-refractivity contribution in [2.75, 3.05) is 0 Å². The third-order valence-electron chi connectivity index (χ3n) is 6.82. The van der Waals surface area contributed by atoms with E-state index in [0.29, 0.717) is 18.9 Å². The van der Waals surface area contributed by atoms with E-state index in [1.165, 1.54) is 32.1 Å². The van der Waals surface area contributed by atoms with E-state index in [2.05, 4.69) is 44.3 Å². The van der Waals surface area contributed by atoms with Gasteiger partial charge in [0, 0.05) is 13.0 Å². The Kier molecular flexibility index (Phi) is 5.36. The van der Waals surface area contributed by atoms with Crippen molar-refractivity contribution in [1.29, 1.82) is 0 Å². The van der Waals surface area contributed by atoms with Crippen molar-refractivity contribution in [3.63, 3.8) is 0 Å². The smallest absolute Gasteiger partial charge is 0.220 e. The van der Waals surface area contributed by atoms with E-state index in [1.54, 1.807) is 5.57 Å². The van der Waals surface area contributed by atoms with Crippen LogP contribution in [-0.2, 0) is 11.3 Å². The second kappa shape index (κ2) is 7.35. The van der Waals surface area contributed by atoms with E-state index in [0.717, 1.165) is 12.0 Å². The molecule has 2 nitrogen and oxygen atoms in total. The molecule has 0 spiro atoms. The molecule has 0 saturated heterocycles. The summed E-state index contributed by atoms with van der Waals surface area (Å²) >= 11 is 0. The summed E-state index contributed by atoms with van der Waals surface area (Å²) < 4.78 is 0. The summed E-state index contributed by atoms with van der Waals surface area (Å²) in [7, 11) is 0. The standard InChI is InChI=1S/C23H33NO/c1-22(2)14-20(19-12-8-5-9-13-19)15-23(22,3)16-21(25)24-17-18-10-6-4-7-11-18/h4,6-7,10-12,20H,5,8-9,13-17H2,1-3H3,(H,24,25). The molecule has 0 aliphatic heterocycles. The van der Waals surface area contributed by atoms with Crippen LogP contribution in [0.15, 0.2) is 42.0 Å². The maximum atomic E-state index is 12.6. The monoisotopic (exact) mass is 339 g/mol. The predicted octanol–water partition coefficient (Wildman–Crippen LogP) is 5.64. The van der Waals surface area contributed by atoms with Gasteiger partial charge >= 0.3 is 0 Å². The molecule has 25 heavy (non-hydrogen) atoms. The lowest BCUT2D eigenvalue weighted by atomic mass is 9.67.